The molecule has 1 aliphatic carbocycles. The molecule has 0 atom stereocenters. The van der Waals surface area contributed by atoms with Crippen LogP contribution in [-0.2, 0) is 0 Å². The second-order valence-corrected chi connectivity index (χ2v) is 5.69. The zero-order chi connectivity index (χ0) is 16.2. The van der Waals surface area contributed by atoms with Crippen molar-refractivity contribution in [1.82, 2.24) is 8.75 Å². The molecular weight excluding hydrogens is 312 g/mol. The fourth-order valence-corrected chi connectivity index (χ4v) is 2.90. The van der Waals surface area contributed by atoms with Crippen molar-refractivity contribution in [3.05, 3.63) is 90.8 Å². The van der Waals surface area contributed by atoms with Gasteiger partial charge >= 0.3 is 0 Å². The normalized spacial score (nSPS) is 14.0. The number of fused-ring (bicyclic) bond motifs is 1. The van der Waals surface area contributed by atoms with Gasteiger partial charge in [-0.15, -0.1) is 0 Å². The van der Waals surface area contributed by atoms with Crippen molar-refractivity contribution < 1.29 is 0 Å². The van der Waals surface area contributed by atoms with Crippen LogP contribution in [0, 0.1) is 55.3 Å². The van der Waals surface area contributed by atoms with E-state index in [0.717, 1.165) is 33.6 Å². The summed E-state index contributed by atoms with van der Waals surface area (Å²) in [6.45, 7) is 0. The van der Waals surface area contributed by atoms with Crippen molar-refractivity contribution in [3.63, 3.8) is 0 Å². The maximum absolute atomic E-state index is 4.40. The average Bonchev–Trinajstić information content (AvgIpc) is 3.31. The van der Waals surface area contributed by atoms with Gasteiger partial charge in [-0.2, -0.15) is 8.75 Å². The average molecular weight is 323 g/mol. The maximum atomic E-state index is 4.40. The van der Waals surface area contributed by atoms with E-state index in [2.05, 4.69) is 32.4 Å². The van der Waals surface area contributed by atoms with Crippen molar-refractivity contribution in [3.8, 4) is 23.7 Å². The molecule has 0 N–H and O–H groups in total. The monoisotopic (exact) mass is 323 g/mol. The molecule has 2 nitrogen and oxygen atoms in total. The van der Waals surface area contributed by atoms with Crippen molar-refractivity contribution in [2.45, 2.75) is 0 Å². The minimum absolute atomic E-state index is 0.817. The van der Waals surface area contributed by atoms with Crippen LogP contribution in [0.4, 0.5) is 0 Å². The Hall–Kier alpha value is -2.62. The minimum atomic E-state index is 0.817. The third-order valence-electron chi connectivity index (χ3n) is 3.53. The lowest BCUT2D eigenvalue weighted by Crippen LogP contribution is -1.88. The van der Waals surface area contributed by atoms with E-state index in [0.29, 0.717) is 0 Å². The van der Waals surface area contributed by atoms with Gasteiger partial charge in [-0.3, -0.25) is 0 Å². The molecule has 1 aliphatic rings. The SMILES string of the molecule is C(#Cc1ccc(C#Cc2ccccc2)c2nsnc12)[C]1[CH][CH][CH][CH]1. The van der Waals surface area contributed by atoms with Gasteiger partial charge in [0.2, 0.25) is 0 Å². The Morgan fingerprint density at radius 3 is 1.96 bits per heavy atom. The molecule has 3 heteroatoms. The van der Waals surface area contributed by atoms with E-state index in [4.69, 9.17) is 0 Å². The van der Waals surface area contributed by atoms with Gasteiger partial charge in [0, 0.05) is 5.56 Å². The molecule has 3 aromatic rings. The fraction of sp³-hybridized carbons (Fsp3) is 0. The van der Waals surface area contributed by atoms with Crippen LogP contribution in [0.25, 0.3) is 11.0 Å². The van der Waals surface area contributed by atoms with Crippen LogP contribution < -0.4 is 0 Å². The highest BCUT2D eigenvalue weighted by atomic mass is 32.1. The molecule has 1 saturated carbocycles. The van der Waals surface area contributed by atoms with Crippen molar-refractivity contribution in [1.29, 1.82) is 0 Å². The van der Waals surface area contributed by atoms with Crippen LogP contribution in [-0.4, -0.2) is 8.75 Å². The van der Waals surface area contributed by atoms with Gasteiger partial charge in [0.25, 0.3) is 0 Å². The number of hydrogen-bond acceptors (Lipinski definition) is 3. The second kappa shape index (κ2) is 6.87. The molecule has 0 unspecified atom stereocenters. The number of rotatable bonds is 0. The molecule has 4 rings (SSSR count). The summed E-state index contributed by atoms with van der Waals surface area (Å²) in [7, 11) is 0. The lowest BCUT2D eigenvalue weighted by molar-refractivity contribution is 1.43. The number of benzene rings is 2. The van der Waals surface area contributed by atoms with E-state index in [-0.39, 0.29) is 0 Å². The fourth-order valence-electron chi connectivity index (χ4n) is 2.33. The van der Waals surface area contributed by atoms with Gasteiger partial charge in [0.15, 0.2) is 0 Å². The minimum Gasteiger partial charge on any atom is -0.172 e. The van der Waals surface area contributed by atoms with E-state index in [9.17, 15) is 0 Å². The molecule has 111 valence electrons. The third kappa shape index (κ3) is 3.18. The predicted molar refractivity (Wildman–Crippen MR) is 97.2 cm³/mol. The van der Waals surface area contributed by atoms with Crippen LogP contribution in [0.2, 0.25) is 0 Å². The number of hydrogen-bond donors (Lipinski definition) is 0. The van der Waals surface area contributed by atoms with E-state index in [1.807, 2.05) is 68.1 Å². The molecule has 1 fully saturated rings. The summed E-state index contributed by atoms with van der Waals surface area (Å²) in [5, 5.41) is 0. The summed E-state index contributed by atoms with van der Waals surface area (Å²) >= 11 is 1.19. The van der Waals surface area contributed by atoms with E-state index in [1.54, 1.807) is 0 Å². The van der Waals surface area contributed by atoms with Crippen LogP contribution >= 0.6 is 11.7 Å². The van der Waals surface area contributed by atoms with E-state index < -0.39 is 0 Å². The van der Waals surface area contributed by atoms with Gasteiger partial charge in [0.1, 0.15) is 11.0 Å². The van der Waals surface area contributed by atoms with Crippen molar-refractivity contribution in [2.24, 2.45) is 0 Å². The zero-order valence-electron chi connectivity index (χ0n) is 12.7. The molecule has 0 aliphatic heterocycles. The lowest BCUT2D eigenvalue weighted by atomic mass is 10.1. The molecule has 2 aromatic carbocycles. The Bertz CT molecular complexity index is 975. The largest absolute Gasteiger partial charge is 0.172 e. The van der Waals surface area contributed by atoms with Gasteiger partial charge in [-0.1, -0.05) is 41.9 Å². The first-order valence-electron chi connectivity index (χ1n) is 7.46. The van der Waals surface area contributed by atoms with Crippen LogP contribution in [0.3, 0.4) is 0 Å². The smallest absolute Gasteiger partial charge is 0.121 e. The summed E-state index contributed by atoms with van der Waals surface area (Å²) in [4.78, 5) is 0. The maximum Gasteiger partial charge on any atom is 0.121 e. The first-order valence-corrected chi connectivity index (χ1v) is 8.19. The van der Waals surface area contributed by atoms with Gasteiger partial charge < -0.3 is 0 Å². The van der Waals surface area contributed by atoms with Gasteiger partial charge in [-0.05, 0) is 49.9 Å². The molecule has 1 aromatic heterocycles. The second-order valence-electron chi connectivity index (χ2n) is 5.16. The Kier molecular flexibility index (Phi) is 4.28. The Labute approximate surface area is 146 Å². The first kappa shape index (κ1) is 14.9. The summed E-state index contributed by atoms with van der Waals surface area (Å²) in [6.07, 6.45) is 7.94. The Morgan fingerprint density at radius 2 is 1.29 bits per heavy atom. The van der Waals surface area contributed by atoms with Gasteiger partial charge in [0.05, 0.1) is 28.8 Å². The summed E-state index contributed by atoms with van der Waals surface area (Å²) < 4.78 is 8.79. The highest BCUT2D eigenvalue weighted by Crippen LogP contribution is 2.23. The molecular formula is C21H11N2S. The van der Waals surface area contributed by atoms with Crippen molar-refractivity contribution >= 4 is 22.8 Å². The van der Waals surface area contributed by atoms with Crippen LogP contribution in [0.5, 0.6) is 0 Å². The molecule has 5 radical (unpaired) electrons. The van der Waals surface area contributed by atoms with E-state index >= 15 is 0 Å². The lowest BCUT2D eigenvalue weighted by Gasteiger charge is -1.97. The molecule has 0 bridgehead atoms. The molecule has 0 spiro atoms. The topological polar surface area (TPSA) is 25.8 Å². The van der Waals surface area contributed by atoms with Crippen LogP contribution in [0.1, 0.15) is 16.7 Å². The summed E-state index contributed by atoms with van der Waals surface area (Å²) in [5.74, 6) is 13.7. The highest BCUT2D eigenvalue weighted by Gasteiger charge is 2.14. The van der Waals surface area contributed by atoms with Gasteiger partial charge in [-0.25, -0.2) is 0 Å². The third-order valence-corrected chi connectivity index (χ3v) is 4.06. The summed E-state index contributed by atoms with van der Waals surface area (Å²) in [5.41, 5.74) is 4.37. The summed E-state index contributed by atoms with van der Waals surface area (Å²) in [6, 6.07) is 13.8. The molecule has 24 heavy (non-hydrogen) atoms. The van der Waals surface area contributed by atoms with E-state index in [1.165, 1.54) is 11.7 Å². The van der Waals surface area contributed by atoms with Crippen LogP contribution in [0.15, 0.2) is 42.5 Å². The quantitative estimate of drug-likeness (QED) is 0.587. The predicted octanol–water partition coefficient (Wildman–Crippen LogP) is 3.85. The molecule has 1 heterocycles. The molecule has 0 amide bonds. The first-order chi connectivity index (χ1) is 11.9. The number of nitrogens with zero attached hydrogens (tertiary/aromatic N) is 2. The molecule has 0 saturated heterocycles. The zero-order valence-corrected chi connectivity index (χ0v) is 13.5. The number of aromatic nitrogens is 2. The van der Waals surface area contributed by atoms with Crippen molar-refractivity contribution in [2.75, 3.05) is 0 Å². The Morgan fingerprint density at radius 1 is 0.667 bits per heavy atom. The highest BCUT2D eigenvalue weighted by molar-refractivity contribution is 7.00. The Balaban J connectivity index is 1.69. The standard InChI is InChI=1S/C21H11N2S/c1-2-6-16(7-3-1)10-12-18-14-15-19(21-20(18)22-24-23-21)13-11-17-8-4-5-9-17/h1-9,14-15H.